The van der Waals surface area contributed by atoms with Crippen molar-refractivity contribution in [3.63, 3.8) is 0 Å². The van der Waals surface area contributed by atoms with E-state index in [0.717, 1.165) is 23.7 Å². The highest BCUT2D eigenvalue weighted by Gasteiger charge is 2.29. The average Bonchev–Trinajstić information content (AvgIpc) is 2.98. The molecule has 2 heterocycles. The van der Waals surface area contributed by atoms with Crippen LogP contribution < -0.4 is 0 Å². The molecular weight excluding hydrogens is 292 g/mol. The molecule has 0 N–H and O–H groups in total. The molecule has 1 amide bonds. The first kappa shape index (κ1) is 15.6. The molecule has 1 saturated heterocycles. The summed E-state index contributed by atoms with van der Waals surface area (Å²) < 4.78 is 7.05. The molecule has 0 aliphatic carbocycles. The Morgan fingerprint density at radius 2 is 2.09 bits per heavy atom. The predicted molar refractivity (Wildman–Crippen MR) is 87.9 cm³/mol. The highest BCUT2D eigenvalue weighted by atomic mass is 16.5. The van der Waals surface area contributed by atoms with Crippen LogP contribution in [0.4, 0.5) is 0 Å². The molecule has 1 aliphatic heterocycles. The summed E-state index contributed by atoms with van der Waals surface area (Å²) in [5.74, 6) is -0.314. The van der Waals surface area contributed by atoms with E-state index in [1.165, 1.54) is 0 Å². The molecule has 1 aromatic carbocycles. The number of ether oxygens (including phenoxy) is 1. The van der Waals surface area contributed by atoms with Gasteiger partial charge in [0.15, 0.2) is 0 Å². The number of carbonyl (C=O) groups excluding carboxylic acids is 2. The van der Waals surface area contributed by atoms with Gasteiger partial charge < -0.3 is 14.2 Å². The van der Waals surface area contributed by atoms with Gasteiger partial charge in [0.05, 0.1) is 12.5 Å². The first-order valence-corrected chi connectivity index (χ1v) is 8.17. The van der Waals surface area contributed by atoms with Crippen molar-refractivity contribution in [3.05, 3.63) is 36.5 Å². The van der Waals surface area contributed by atoms with Crippen LogP contribution in [-0.4, -0.2) is 41.0 Å². The summed E-state index contributed by atoms with van der Waals surface area (Å²) in [4.78, 5) is 26.3. The minimum absolute atomic E-state index is 0.0559. The number of rotatable bonds is 4. The van der Waals surface area contributed by atoms with Crippen LogP contribution in [0.5, 0.6) is 0 Å². The van der Waals surface area contributed by atoms with Gasteiger partial charge in [-0.15, -0.1) is 0 Å². The quantitative estimate of drug-likeness (QED) is 0.815. The van der Waals surface area contributed by atoms with Gasteiger partial charge in [-0.3, -0.25) is 9.59 Å². The molecule has 1 aromatic heterocycles. The average molecular weight is 314 g/mol. The van der Waals surface area contributed by atoms with Crippen LogP contribution >= 0.6 is 0 Å². The Hall–Kier alpha value is -2.30. The highest BCUT2D eigenvalue weighted by Crippen LogP contribution is 2.20. The maximum absolute atomic E-state index is 12.6. The molecule has 3 rings (SSSR count). The van der Waals surface area contributed by atoms with Crippen molar-refractivity contribution in [3.8, 4) is 0 Å². The third-order valence-corrected chi connectivity index (χ3v) is 4.38. The number of likely N-dealkylation sites (tertiary alicyclic amines) is 1. The summed E-state index contributed by atoms with van der Waals surface area (Å²) >= 11 is 0. The maximum atomic E-state index is 12.6. The largest absolute Gasteiger partial charge is 0.466 e. The molecule has 1 aliphatic rings. The molecule has 2 aromatic rings. The van der Waals surface area contributed by atoms with Crippen molar-refractivity contribution in [2.45, 2.75) is 26.3 Å². The van der Waals surface area contributed by atoms with Crippen LogP contribution in [-0.2, 0) is 20.9 Å². The van der Waals surface area contributed by atoms with E-state index in [1.807, 2.05) is 41.1 Å². The van der Waals surface area contributed by atoms with Crippen LogP contribution in [0.2, 0.25) is 0 Å². The minimum atomic E-state index is -0.186. The second kappa shape index (κ2) is 6.86. The van der Waals surface area contributed by atoms with E-state index < -0.39 is 0 Å². The van der Waals surface area contributed by atoms with E-state index in [9.17, 15) is 9.59 Å². The van der Waals surface area contributed by atoms with Crippen molar-refractivity contribution in [1.29, 1.82) is 0 Å². The molecule has 1 unspecified atom stereocenters. The lowest BCUT2D eigenvalue weighted by atomic mass is 9.98. The van der Waals surface area contributed by atoms with Crippen molar-refractivity contribution in [2.75, 3.05) is 19.7 Å². The van der Waals surface area contributed by atoms with Gasteiger partial charge in [-0.25, -0.2) is 0 Å². The fourth-order valence-electron chi connectivity index (χ4n) is 3.18. The second-order valence-electron chi connectivity index (χ2n) is 5.93. The zero-order chi connectivity index (χ0) is 16.2. The lowest BCUT2D eigenvalue weighted by Gasteiger charge is -2.31. The van der Waals surface area contributed by atoms with Crippen molar-refractivity contribution >= 4 is 22.8 Å². The van der Waals surface area contributed by atoms with Crippen LogP contribution in [0, 0.1) is 5.92 Å². The van der Waals surface area contributed by atoms with Gasteiger partial charge in [-0.2, -0.15) is 0 Å². The van der Waals surface area contributed by atoms with E-state index in [0.29, 0.717) is 26.2 Å². The van der Waals surface area contributed by atoms with Crippen molar-refractivity contribution in [2.24, 2.45) is 5.92 Å². The van der Waals surface area contributed by atoms with Gasteiger partial charge in [-0.05, 0) is 37.3 Å². The second-order valence-corrected chi connectivity index (χ2v) is 5.93. The summed E-state index contributed by atoms with van der Waals surface area (Å²) in [6.45, 7) is 3.69. The molecule has 1 atom stereocenters. The predicted octanol–water partition coefficient (Wildman–Crippen LogP) is 2.44. The number of fused-ring (bicyclic) bond motifs is 1. The number of aromatic nitrogens is 1. The van der Waals surface area contributed by atoms with E-state index in [2.05, 4.69) is 0 Å². The van der Waals surface area contributed by atoms with Crippen molar-refractivity contribution in [1.82, 2.24) is 9.47 Å². The third-order valence-electron chi connectivity index (χ3n) is 4.38. The molecule has 5 heteroatoms. The Labute approximate surface area is 135 Å². The van der Waals surface area contributed by atoms with Crippen LogP contribution in [0.3, 0.4) is 0 Å². The fraction of sp³-hybridized carbons (Fsp3) is 0.444. The number of hydrogen-bond acceptors (Lipinski definition) is 3. The zero-order valence-corrected chi connectivity index (χ0v) is 13.4. The minimum Gasteiger partial charge on any atom is -0.466 e. The fourth-order valence-corrected chi connectivity index (χ4v) is 3.18. The van der Waals surface area contributed by atoms with Crippen molar-refractivity contribution < 1.29 is 14.3 Å². The number of carbonyl (C=O) groups is 2. The third kappa shape index (κ3) is 3.38. The molecule has 23 heavy (non-hydrogen) atoms. The Morgan fingerprint density at radius 3 is 2.91 bits per heavy atom. The van der Waals surface area contributed by atoms with E-state index in [-0.39, 0.29) is 17.8 Å². The normalized spacial score (nSPS) is 18.1. The Kier molecular flexibility index (Phi) is 4.65. The standard InChI is InChI=1S/C18H22N2O3/c1-2-23-18(22)15-7-5-10-20(12-15)17(21)13-19-11-9-14-6-3-4-8-16(14)19/h3-4,6,8-9,11,15H,2,5,7,10,12-13H2,1H3. The van der Waals surface area contributed by atoms with E-state index in [1.54, 1.807) is 11.8 Å². The van der Waals surface area contributed by atoms with Gasteiger partial charge in [0.25, 0.3) is 0 Å². The number of amides is 1. The summed E-state index contributed by atoms with van der Waals surface area (Å²) in [6, 6.07) is 10.0. The molecule has 122 valence electrons. The summed E-state index contributed by atoms with van der Waals surface area (Å²) in [7, 11) is 0. The van der Waals surface area contributed by atoms with Gasteiger partial charge >= 0.3 is 5.97 Å². The summed E-state index contributed by atoms with van der Waals surface area (Å²) in [6.07, 6.45) is 3.59. The number of esters is 1. The molecule has 0 bridgehead atoms. The molecule has 0 radical (unpaired) electrons. The topological polar surface area (TPSA) is 51.5 Å². The summed E-state index contributed by atoms with van der Waals surface area (Å²) in [5, 5.41) is 1.13. The SMILES string of the molecule is CCOC(=O)C1CCCN(C(=O)Cn2ccc3ccccc32)C1. The number of nitrogens with zero attached hydrogens (tertiary/aromatic N) is 2. The number of para-hydroxylation sites is 1. The number of hydrogen-bond donors (Lipinski definition) is 0. The van der Waals surface area contributed by atoms with Gasteiger partial charge in [-0.1, -0.05) is 18.2 Å². The van der Waals surface area contributed by atoms with Gasteiger partial charge in [0, 0.05) is 24.8 Å². The summed E-state index contributed by atoms with van der Waals surface area (Å²) in [5.41, 5.74) is 1.06. The number of piperidine rings is 1. The monoisotopic (exact) mass is 314 g/mol. The zero-order valence-electron chi connectivity index (χ0n) is 13.4. The Morgan fingerprint density at radius 1 is 1.26 bits per heavy atom. The molecule has 0 spiro atoms. The van der Waals surface area contributed by atoms with E-state index >= 15 is 0 Å². The molecule has 5 nitrogen and oxygen atoms in total. The lowest BCUT2D eigenvalue weighted by molar-refractivity contribution is -0.151. The van der Waals surface area contributed by atoms with Crippen LogP contribution in [0.1, 0.15) is 19.8 Å². The lowest BCUT2D eigenvalue weighted by Crippen LogP contribution is -2.44. The molecule has 0 saturated carbocycles. The van der Waals surface area contributed by atoms with E-state index in [4.69, 9.17) is 4.74 Å². The Bertz CT molecular complexity index is 707. The first-order chi connectivity index (χ1) is 11.2. The maximum Gasteiger partial charge on any atom is 0.310 e. The highest BCUT2D eigenvalue weighted by molar-refractivity contribution is 5.83. The number of benzene rings is 1. The molecule has 1 fully saturated rings. The van der Waals surface area contributed by atoms with Gasteiger partial charge in [0.2, 0.25) is 5.91 Å². The smallest absolute Gasteiger partial charge is 0.310 e. The van der Waals surface area contributed by atoms with Crippen LogP contribution in [0.15, 0.2) is 36.5 Å². The first-order valence-electron chi connectivity index (χ1n) is 8.17. The van der Waals surface area contributed by atoms with Crippen LogP contribution in [0.25, 0.3) is 10.9 Å². The Balaban J connectivity index is 1.67. The molecular formula is C18H22N2O3. The van der Waals surface area contributed by atoms with Gasteiger partial charge in [0.1, 0.15) is 6.54 Å².